The van der Waals surface area contributed by atoms with Gasteiger partial charge in [-0.3, -0.25) is 0 Å². The molecule has 0 saturated carbocycles. The second-order valence-electron chi connectivity index (χ2n) is 6.75. The van der Waals surface area contributed by atoms with Gasteiger partial charge in [0.05, 0.1) is 0 Å². The van der Waals surface area contributed by atoms with Crippen LogP contribution in [0.4, 0.5) is 0 Å². The molecule has 3 heteroatoms. The summed E-state index contributed by atoms with van der Waals surface area (Å²) in [6, 6.07) is 0. The maximum atomic E-state index is 10.3. The Kier molecular flexibility index (Phi) is 14.7. The number of hydrogen-bond acceptors (Lipinski definition) is 2. The first kappa shape index (κ1) is 21.7. The molecular weight excluding hydrogens is 493 g/mol. The maximum absolute atomic E-state index is 10.3. The molecule has 0 radical (unpaired) electrons. The first-order valence-electron chi connectivity index (χ1n) is 9.87. The summed E-state index contributed by atoms with van der Waals surface area (Å²) in [5.74, 6) is -0.912. The number of carboxylic acid groups (broad SMARTS) is 1. The second kappa shape index (κ2) is 16.2. The van der Waals surface area contributed by atoms with Gasteiger partial charge in [0.1, 0.15) is 0 Å². The van der Waals surface area contributed by atoms with E-state index in [-0.39, 0.29) is 29.2 Å². The van der Waals surface area contributed by atoms with E-state index in [4.69, 9.17) is 0 Å². The topological polar surface area (TPSA) is 40.1 Å². The summed E-state index contributed by atoms with van der Waals surface area (Å²) in [5.41, 5.74) is 0. The van der Waals surface area contributed by atoms with Crippen LogP contribution in [0.15, 0.2) is 22.0 Å². The Balaban J connectivity index is 1.70. The van der Waals surface area contributed by atoms with Crippen molar-refractivity contribution in [3.05, 3.63) is 22.0 Å². The molecule has 1 aliphatic heterocycles. The van der Waals surface area contributed by atoms with Crippen LogP contribution in [0.25, 0.3) is 0 Å². The molecule has 0 N–H and O–H groups in total. The third-order valence-electron chi connectivity index (χ3n) is 4.48. The second-order valence-corrected chi connectivity index (χ2v) is 11.1. The Morgan fingerprint density at radius 3 is 1.83 bits per heavy atom. The first-order chi connectivity index (χ1) is 11.8. The number of hydrogen-bond donors (Lipinski definition) is 0. The molecule has 0 atom stereocenters. The van der Waals surface area contributed by atoms with Crippen LogP contribution in [0.3, 0.4) is 0 Å². The zero-order valence-corrected chi connectivity index (χ0v) is 18.7. The monoisotopic (exact) mass is 527 g/mol. The third kappa shape index (κ3) is 14.1. The predicted molar refractivity (Wildman–Crippen MR) is 103 cm³/mol. The van der Waals surface area contributed by atoms with E-state index in [2.05, 4.69) is 22.0 Å². The molecule has 0 aromatic rings. The number of unbranched alkanes of at least 4 members (excludes halogenated alkanes) is 11. The molecule has 0 bridgehead atoms. The van der Waals surface area contributed by atoms with E-state index in [0.29, 0.717) is 0 Å². The Morgan fingerprint density at radius 2 is 1.33 bits per heavy atom. The number of carboxylic acids is 1. The van der Waals surface area contributed by atoms with Gasteiger partial charge in [-0.1, -0.05) is 19.3 Å². The Labute approximate surface area is 159 Å². The van der Waals surface area contributed by atoms with Crippen LogP contribution in [0.1, 0.15) is 96.3 Å². The SMILES string of the molecule is O=C([O-])CCCCCCC/C=C\CCCCCCCC[C]1=[Bi][CH]=C1. The fourth-order valence-electron chi connectivity index (χ4n) is 2.90. The molecule has 0 amide bonds. The summed E-state index contributed by atoms with van der Waals surface area (Å²) in [6.45, 7) is 0. The van der Waals surface area contributed by atoms with E-state index in [0.717, 1.165) is 19.3 Å². The van der Waals surface area contributed by atoms with Gasteiger partial charge >= 0.3 is 106 Å². The normalized spacial score (nSPS) is 13.2. The molecule has 1 aliphatic rings. The molecule has 2 nitrogen and oxygen atoms in total. The van der Waals surface area contributed by atoms with Crippen molar-refractivity contribution in [1.29, 1.82) is 0 Å². The minimum atomic E-state index is -0.912. The molecule has 0 aliphatic carbocycles. The summed E-state index contributed by atoms with van der Waals surface area (Å²) in [7, 11) is 0. The van der Waals surface area contributed by atoms with E-state index in [1.165, 1.54) is 70.6 Å². The van der Waals surface area contributed by atoms with Gasteiger partial charge in [-0.05, 0) is 19.3 Å². The number of aliphatic carboxylic acids is 1. The van der Waals surface area contributed by atoms with Gasteiger partial charge < -0.3 is 9.90 Å². The van der Waals surface area contributed by atoms with Gasteiger partial charge in [0.2, 0.25) is 0 Å². The molecule has 0 unspecified atom stereocenters. The molecule has 1 heterocycles. The summed E-state index contributed by atoms with van der Waals surface area (Å²) >= 11 is -0.172. The average molecular weight is 527 g/mol. The Hall–Kier alpha value is -0.297. The van der Waals surface area contributed by atoms with E-state index in [9.17, 15) is 9.90 Å². The fraction of sp³-hybridized carbons (Fsp3) is 0.714. The molecular formula is C21H34BiO2-. The van der Waals surface area contributed by atoms with Crippen molar-refractivity contribution >= 4 is 31.9 Å². The van der Waals surface area contributed by atoms with Crippen LogP contribution in [-0.4, -0.2) is 31.9 Å². The predicted octanol–water partition coefficient (Wildman–Crippen LogP) is 4.55. The summed E-state index contributed by atoms with van der Waals surface area (Å²) < 4.78 is 4.26. The van der Waals surface area contributed by atoms with Crippen molar-refractivity contribution in [2.24, 2.45) is 0 Å². The molecule has 24 heavy (non-hydrogen) atoms. The average Bonchev–Trinajstić information content (AvgIpc) is 2.51. The van der Waals surface area contributed by atoms with Crippen LogP contribution >= 0.6 is 0 Å². The van der Waals surface area contributed by atoms with Gasteiger partial charge in [-0.25, -0.2) is 0 Å². The summed E-state index contributed by atoms with van der Waals surface area (Å²) in [4.78, 5) is 10.3. The summed E-state index contributed by atoms with van der Waals surface area (Å²) in [6.07, 6.45) is 24.9. The third-order valence-corrected chi connectivity index (χ3v) is 8.38. The van der Waals surface area contributed by atoms with Gasteiger partial charge in [-0.2, -0.15) is 0 Å². The molecule has 0 spiro atoms. The van der Waals surface area contributed by atoms with Crippen LogP contribution in [-0.2, 0) is 4.79 Å². The Morgan fingerprint density at radius 1 is 0.833 bits per heavy atom. The van der Waals surface area contributed by atoms with Crippen molar-refractivity contribution in [2.75, 3.05) is 0 Å². The fourth-order valence-corrected chi connectivity index (χ4v) is 5.42. The molecule has 0 saturated heterocycles. The van der Waals surface area contributed by atoms with Gasteiger partial charge in [0.15, 0.2) is 0 Å². The standard InChI is InChI=1S/C21H35O2.Bi/c1-2-3-4-5-6-7-8-9-10-11-12-13-14-15-16-17-18-19-20-21(22)23;/h1-2,12-13H,4-11,14-20H2,(H,22,23);/p-1/b2-1?,13-12-;. The number of rotatable bonds is 17. The van der Waals surface area contributed by atoms with Crippen molar-refractivity contribution in [3.8, 4) is 0 Å². The first-order valence-corrected chi connectivity index (χ1v) is 13.6. The molecule has 136 valence electrons. The molecule has 1 rings (SSSR count). The number of carbonyl (C=O) groups excluding carboxylic acids is 1. The van der Waals surface area contributed by atoms with Crippen LogP contribution in [0, 0.1) is 0 Å². The van der Waals surface area contributed by atoms with E-state index >= 15 is 0 Å². The molecule has 0 aromatic carbocycles. The van der Waals surface area contributed by atoms with E-state index < -0.39 is 5.97 Å². The van der Waals surface area contributed by atoms with E-state index in [1.807, 2.05) is 3.21 Å². The van der Waals surface area contributed by atoms with Crippen molar-refractivity contribution in [3.63, 3.8) is 0 Å². The van der Waals surface area contributed by atoms with Crippen molar-refractivity contribution < 1.29 is 9.90 Å². The zero-order valence-electron chi connectivity index (χ0n) is 15.2. The zero-order chi connectivity index (χ0) is 17.3. The quantitative estimate of drug-likeness (QED) is 0.158. The van der Waals surface area contributed by atoms with Crippen LogP contribution in [0.2, 0.25) is 0 Å². The van der Waals surface area contributed by atoms with Crippen LogP contribution < -0.4 is 5.11 Å². The van der Waals surface area contributed by atoms with Gasteiger partial charge in [-0.15, -0.1) is 0 Å². The van der Waals surface area contributed by atoms with E-state index in [1.54, 1.807) is 0 Å². The minimum absolute atomic E-state index is 0.172. The van der Waals surface area contributed by atoms with Gasteiger partial charge in [0.25, 0.3) is 0 Å². The number of allylic oxidation sites excluding steroid dienone is 3. The van der Waals surface area contributed by atoms with Gasteiger partial charge in [0, 0.05) is 5.97 Å². The number of carbonyl (C=O) groups is 1. The Bertz CT molecular complexity index is 410. The summed E-state index contributed by atoms with van der Waals surface area (Å²) in [5, 5.41) is 10.3. The van der Waals surface area contributed by atoms with Crippen LogP contribution in [0.5, 0.6) is 0 Å². The molecule has 0 aromatic heterocycles. The van der Waals surface area contributed by atoms with Crippen molar-refractivity contribution in [1.82, 2.24) is 0 Å². The molecule has 0 fully saturated rings. The van der Waals surface area contributed by atoms with Crippen molar-refractivity contribution in [2.45, 2.75) is 96.3 Å².